The number of hydrogen-bond acceptors (Lipinski definition) is 3. The third-order valence-corrected chi connectivity index (χ3v) is 3.97. The van der Waals surface area contributed by atoms with E-state index in [-0.39, 0.29) is 19.0 Å². The number of carboxylic acid groups (broad SMARTS) is 1. The number of ether oxygens (including phenoxy) is 1. The third kappa shape index (κ3) is 3.38. The van der Waals surface area contributed by atoms with Crippen molar-refractivity contribution >= 4 is 11.9 Å². The smallest absolute Gasteiger partial charge is 0.338 e. The molecule has 0 spiro atoms. The molecular formula is C16H22O4. The highest BCUT2D eigenvalue weighted by Crippen LogP contribution is 2.26. The molecule has 1 aromatic carbocycles. The zero-order valence-corrected chi connectivity index (χ0v) is 12.8. The van der Waals surface area contributed by atoms with Crippen LogP contribution in [0.2, 0.25) is 0 Å². The van der Waals surface area contributed by atoms with Gasteiger partial charge < -0.3 is 9.84 Å². The van der Waals surface area contributed by atoms with Gasteiger partial charge in [-0.2, -0.15) is 0 Å². The van der Waals surface area contributed by atoms with E-state index in [9.17, 15) is 9.59 Å². The summed E-state index contributed by atoms with van der Waals surface area (Å²) >= 11 is 0. The first-order valence-electron chi connectivity index (χ1n) is 6.73. The third-order valence-electron chi connectivity index (χ3n) is 3.97. The Hall–Kier alpha value is -1.84. The van der Waals surface area contributed by atoms with Gasteiger partial charge in [0, 0.05) is 6.42 Å². The van der Waals surface area contributed by atoms with Gasteiger partial charge in [-0.25, -0.2) is 4.79 Å². The van der Waals surface area contributed by atoms with Gasteiger partial charge in [-0.05, 0) is 68.9 Å². The fraction of sp³-hybridized carbons (Fsp3) is 0.500. The lowest BCUT2D eigenvalue weighted by molar-refractivity contribution is -0.137. The molecule has 0 radical (unpaired) electrons. The van der Waals surface area contributed by atoms with Gasteiger partial charge in [-0.3, -0.25) is 4.79 Å². The quantitative estimate of drug-likeness (QED) is 0.663. The normalized spacial score (nSPS) is 10.4. The second kappa shape index (κ2) is 6.55. The Bertz CT molecular complexity index is 515. The standard InChI is InChI=1S/C16H22O4/c1-9-10(2)12(4)15(13(5)11(9)3)16(19)20-8-6-7-14(17)18/h6-8H2,1-5H3,(H,17,18). The van der Waals surface area contributed by atoms with Gasteiger partial charge in [0.1, 0.15) is 0 Å². The summed E-state index contributed by atoms with van der Waals surface area (Å²) in [6.45, 7) is 10.0. The molecule has 4 nitrogen and oxygen atoms in total. The second-order valence-corrected chi connectivity index (χ2v) is 5.13. The Morgan fingerprint density at radius 2 is 1.35 bits per heavy atom. The molecule has 4 heteroatoms. The fourth-order valence-corrected chi connectivity index (χ4v) is 2.27. The lowest BCUT2D eigenvalue weighted by Crippen LogP contribution is -2.13. The Kier molecular flexibility index (Phi) is 5.31. The van der Waals surface area contributed by atoms with Crippen LogP contribution in [0.3, 0.4) is 0 Å². The molecule has 0 atom stereocenters. The monoisotopic (exact) mass is 278 g/mol. The van der Waals surface area contributed by atoms with Crippen LogP contribution in [0.1, 0.15) is 51.0 Å². The maximum Gasteiger partial charge on any atom is 0.338 e. The zero-order valence-electron chi connectivity index (χ0n) is 12.8. The van der Waals surface area contributed by atoms with Gasteiger partial charge in [0.25, 0.3) is 0 Å². The molecule has 0 saturated heterocycles. The molecule has 0 aliphatic rings. The average molecular weight is 278 g/mol. The maximum absolute atomic E-state index is 12.2. The summed E-state index contributed by atoms with van der Waals surface area (Å²) in [5, 5.41) is 8.55. The van der Waals surface area contributed by atoms with E-state index < -0.39 is 5.97 Å². The van der Waals surface area contributed by atoms with E-state index in [0.717, 1.165) is 22.3 Å². The lowest BCUT2D eigenvalue weighted by atomic mass is 9.90. The van der Waals surface area contributed by atoms with Crippen LogP contribution in [-0.2, 0) is 9.53 Å². The van der Waals surface area contributed by atoms with Crippen LogP contribution < -0.4 is 0 Å². The first-order chi connectivity index (χ1) is 9.27. The number of rotatable bonds is 5. The van der Waals surface area contributed by atoms with Crippen molar-refractivity contribution < 1.29 is 19.4 Å². The summed E-state index contributed by atoms with van der Waals surface area (Å²) in [5.41, 5.74) is 5.89. The molecule has 0 unspecified atom stereocenters. The molecule has 0 saturated carbocycles. The predicted octanol–water partition coefficient (Wildman–Crippen LogP) is 3.25. The molecule has 0 amide bonds. The highest BCUT2D eigenvalue weighted by molar-refractivity contribution is 5.93. The number of carboxylic acids is 1. The molecule has 110 valence electrons. The molecule has 20 heavy (non-hydrogen) atoms. The van der Waals surface area contributed by atoms with Crippen LogP contribution in [0.4, 0.5) is 0 Å². The van der Waals surface area contributed by atoms with Gasteiger partial charge >= 0.3 is 11.9 Å². The fourth-order valence-electron chi connectivity index (χ4n) is 2.27. The largest absolute Gasteiger partial charge is 0.481 e. The second-order valence-electron chi connectivity index (χ2n) is 5.13. The van der Waals surface area contributed by atoms with Crippen LogP contribution in [0.25, 0.3) is 0 Å². The van der Waals surface area contributed by atoms with Crippen molar-refractivity contribution in [3.05, 3.63) is 33.4 Å². The van der Waals surface area contributed by atoms with Crippen molar-refractivity contribution in [2.75, 3.05) is 6.61 Å². The molecular weight excluding hydrogens is 256 g/mol. The average Bonchev–Trinajstić information content (AvgIpc) is 2.39. The highest BCUT2D eigenvalue weighted by Gasteiger charge is 2.19. The Morgan fingerprint density at radius 1 is 0.900 bits per heavy atom. The predicted molar refractivity (Wildman–Crippen MR) is 77.3 cm³/mol. The Morgan fingerprint density at radius 3 is 1.80 bits per heavy atom. The molecule has 0 aromatic heterocycles. The molecule has 1 N–H and O–H groups in total. The van der Waals surface area contributed by atoms with E-state index in [1.165, 1.54) is 5.56 Å². The number of carbonyl (C=O) groups excluding carboxylic acids is 1. The van der Waals surface area contributed by atoms with E-state index in [0.29, 0.717) is 12.0 Å². The number of esters is 1. The molecule has 0 fully saturated rings. The van der Waals surface area contributed by atoms with Crippen molar-refractivity contribution in [2.45, 2.75) is 47.5 Å². The first kappa shape index (κ1) is 16.2. The minimum Gasteiger partial charge on any atom is -0.481 e. The number of aliphatic carboxylic acids is 1. The van der Waals surface area contributed by atoms with Gasteiger partial charge in [-0.15, -0.1) is 0 Å². The number of carbonyl (C=O) groups is 2. The van der Waals surface area contributed by atoms with E-state index in [1.54, 1.807) is 0 Å². The highest BCUT2D eigenvalue weighted by atomic mass is 16.5. The van der Waals surface area contributed by atoms with Crippen LogP contribution in [0.5, 0.6) is 0 Å². The number of benzene rings is 1. The molecule has 0 heterocycles. The Labute approximate surface area is 119 Å². The molecule has 0 bridgehead atoms. The summed E-state index contributed by atoms with van der Waals surface area (Å²) in [7, 11) is 0. The van der Waals surface area contributed by atoms with Crippen LogP contribution >= 0.6 is 0 Å². The molecule has 1 rings (SSSR count). The summed E-state index contributed by atoms with van der Waals surface area (Å²) in [4.78, 5) is 22.6. The van der Waals surface area contributed by atoms with E-state index in [2.05, 4.69) is 0 Å². The van der Waals surface area contributed by atoms with Gasteiger partial charge in [0.15, 0.2) is 0 Å². The van der Waals surface area contributed by atoms with Gasteiger partial charge in [0.2, 0.25) is 0 Å². The van der Waals surface area contributed by atoms with Crippen LogP contribution in [-0.4, -0.2) is 23.7 Å². The van der Waals surface area contributed by atoms with E-state index in [4.69, 9.17) is 9.84 Å². The minimum absolute atomic E-state index is 0.0111. The SMILES string of the molecule is Cc1c(C)c(C)c(C(=O)OCCCC(=O)O)c(C)c1C. The lowest BCUT2D eigenvalue weighted by Gasteiger charge is -2.17. The molecule has 0 aliphatic carbocycles. The zero-order chi connectivity index (χ0) is 15.4. The van der Waals surface area contributed by atoms with Crippen molar-refractivity contribution in [2.24, 2.45) is 0 Å². The van der Waals surface area contributed by atoms with Crippen molar-refractivity contribution in [3.63, 3.8) is 0 Å². The number of hydrogen-bond donors (Lipinski definition) is 1. The van der Waals surface area contributed by atoms with Gasteiger partial charge in [0.05, 0.1) is 12.2 Å². The van der Waals surface area contributed by atoms with Crippen LogP contribution in [0.15, 0.2) is 0 Å². The van der Waals surface area contributed by atoms with Crippen LogP contribution in [0, 0.1) is 34.6 Å². The maximum atomic E-state index is 12.2. The van der Waals surface area contributed by atoms with Crippen molar-refractivity contribution in [1.29, 1.82) is 0 Å². The van der Waals surface area contributed by atoms with E-state index in [1.807, 2.05) is 34.6 Å². The minimum atomic E-state index is -0.879. The van der Waals surface area contributed by atoms with Crippen molar-refractivity contribution in [3.8, 4) is 0 Å². The van der Waals surface area contributed by atoms with Crippen molar-refractivity contribution in [1.82, 2.24) is 0 Å². The summed E-state index contributed by atoms with van der Waals surface area (Å²) < 4.78 is 5.19. The first-order valence-corrected chi connectivity index (χ1v) is 6.73. The summed E-state index contributed by atoms with van der Waals surface area (Å²) in [6, 6.07) is 0. The molecule has 1 aromatic rings. The summed E-state index contributed by atoms with van der Waals surface area (Å²) in [6.07, 6.45) is 0.347. The molecule has 0 aliphatic heterocycles. The topological polar surface area (TPSA) is 63.6 Å². The van der Waals surface area contributed by atoms with Gasteiger partial charge in [-0.1, -0.05) is 0 Å². The Balaban J connectivity index is 2.91. The summed E-state index contributed by atoms with van der Waals surface area (Å²) in [5.74, 6) is -1.24. The van der Waals surface area contributed by atoms with E-state index >= 15 is 0 Å².